The highest BCUT2D eigenvalue weighted by Crippen LogP contribution is 2.36. The van der Waals surface area contributed by atoms with Gasteiger partial charge in [0.15, 0.2) is 5.78 Å². The highest BCUT2D eigenvalue weighted by Gasteiger charge is 2.37. The van der Waals surface area contributed by atoms with Crippen LogP contribution in [0.15, 0.2) is 18.2 Å². The van der Waals surface area contributed by atoms with Crippen LogP contribution in [-0.2, 0) is 6.18 Å². The Morgan fingerprint density at radius 3 is 2.15 bits per heavy atom. The van der Waals surface area contributed by atoms with Gasteiger partial charge in [-0.25, -0.2) is 0 Å². The van der Waals surface area contributed by atoms with Crippen molar-refractivity contribution in [2.75, 3.05) is 0 Å². The second-order valence-corrected chi connectivity index (χ2v) is 5.11. The number of ketones is 1. The van der Waals surface area contributed by atoms with Crippen LogP contribution in [0.5, 0.6) is 5.75 Å². The van der Waals surface area contributed by atoms with Gasteiger partial charge in [0.25, 0.3) is 0 Å². The van der Waals surface area contributed by atoms with Crippen LogP contribution >= 0.6 is 15.9 Å². The maximum atomic E-state index is 12.7. The predicted molar refractivity (Wildman–Crippen MR) is 60.8 cm³/mol. The Morgan fingerprint density at radius 1 is 1.20 bits per heavy atom. The van der Waals surface area contributed by atoms with E-state index in [1.54, 1.807) is 0 Å². The molecule has 0 spiro atoms. The summed E-state index contributed by atoms with van der Waals surface area (Å²) in [5.41, 5.74) is -2.20. The van der Waals surface area contributed by atoms with Crippen LogP contribution in [0, 0.1) is 0 Å². The number of benzene rings is 1. The summed E-state index contributed by atoms with van der Waals surface area (Å²) in [7, 11) is 0. The average molecular weight is 365 g/mol. The third kappa shape index (κ3) is 4.39. The topological polar surface area (TPSA) is 26.3 Å². The van der Waals surface area contributed by atoms with E-state index in [1.807, 2.05) is 0 Å². The molecule has 20 heavy (non-hydrogen) atoms. The maximum absolute atomic E-state index is 12.7. The van der Waals surface area contributed by atoms with Crippen molar-refractivity contribution < 1.29 is 35.9 Å². The first-order valence-corrected chi connectivity index (χ1v) is 5.98. The van der Waals surface area contributed by atoms with Gasteiger partial charge in [0, 0.05) is 5.56 Å². The molecule has 0 amide bonds. The van der Waals surface area contributed by atoms with Crippen molar-refractivity contribution in [3.63, 3.8) is 0 Å². The minimum atomic E-state index is -5.06. The Labute approximate surface area is 117 Å². The zero-order valence-electron chi connectivity index (χ0n) is 9.77. The van der Waals surface area contributed by atoms with Crippen molar-refractivity contribution in [1.29, 1.82) is 0 Å². The lowest BCUT2D eigenvalue weighted by molar-refractivity contribution is -0.274. The molecule has 112 valence electrons. The monoisotopic (exact) mass is 364 g/mol. The van der Waals surface area contributed by atoms with Crippen molar-refractivity contribution >= 4 is 21.7 Å². The fourth-order valence-corrected chi connectivity index (χ4v) is 1.63. The summed E-state index contributed by atoms with van der Waals surface area (Å²) < 4.78 is 77.7. The van der Waals surface area contributed by atoms with Crippen LogP contribution in [0.2, 0.25) is 0 Å². The van der Waals surface area contributed by atoms with Crippen molar-refractivity contribution in [3.8, 4) is 5.75 Å². The summed E-state index contributed by atoms with van der Waals surface area (Å²) in [6.45, 7) is 1.26. The van der Waals surface area contributed by atoms with Crippen molar-refractivity contribution in [1.82, 2.24) is 0 Å². The highest BCUT2D eigenvalue weighted by atomic mass is 79.9. The molecule has 1 aromatic rings. The standard InChI is InChI=1S/C11H7BrF6O2/c1-5(12)9(19)7-4-6(20-11(16,17)18)2-3-8(7)10(13,14)15/h2-5H,1H3. The molecule has 0 fully saturated rings. The molecule has 0 saturated carbocycles. The van der Waals surface area contributed by atoms with Gasteiger partial charge < -0.3 is 4.74 Å². The molecule has 0 aliphatic rings. The molecule has 0 aliphatic heterocycles. The van der Waals surface area contributed by atoms with Crippen LogP contribution in [0.25, 0.3) is 0 Å². The number of hydrogen-bond donors (Lipinski definition) is 0. The van der Waals surface area contributed by atoms with Crippen LogP contribution in [-0.4, -0.2) is 17.0 Å². The second kappa shape index (κ2) is 5.63. The minimum Gasteiger partial charge on any atom is -0.406 e. The van der Waals surface area contributed by atoms with Crippen molar-refractivity contribution in [2.45, 2.75) is 24.3 Å². The molecular formula is C11H7BrF6O2. The van der Waals surface area contributed by atoms with Gasteiger partial charge in [-0.05, 0) is 25.1 Å². The number of carbonyl (C=O) groups excluding carboxylic acids is 1. The van der Waals surface area contributed by atoms with E-state index in [0.29, 0.717) is 18.2 Å². The number of Topliss-reactive ketones (excluding diaryl/α,β-unsaturated/α-hetero) is 1. The fraction of sp³-hybridized carbons (Fsp3) is 0.364. The minimum absolute atomic E-state index is 0.379. The van der Waals surface area contributed by atoms with Crippen LogP contribution in [0.3, 0.4) is 0 Å². The molecular weight excluding hydrogens is 358 g/mol. The average Bonchev–Trinajstić information content (AvgIpc) is 2.23. The van der Waals surface area contributed by atoms with Crippen molar-refractivity contribution in [3.05, 3.63) is 29.3 Å². The largest absolute Gasteiger partial charge is 0.573 e. The van der Waals surface area contributed by atoms with Crippen LogP contribution in [0.4, 0.5) is 26.3 Å². The van der Waals surface area contributed by atoms with E-state index in [9.17, 15) is 31.1 Å². The van der Waals surface area contributed by atoms with Gasteiger partial charge in [0.05, 0.1) is 10.4 Å². The van der Waals surface area contributed by atoms with E-state index < -0.39 is 40.0 Å². The molecule has 9 heteroatoms. The van der Waals surface area contributed by atoms with Gasteiger partial charge in [-0.3, -0.25) is 4.79 Å². The summed E-state index contributed by atoms with van der Waals surface area (Å²) in [4.78, 5) is 10.7. The highest BCUT2D eigenvalue weighted by molar-refractivity contribution is 9.10. The number of alkyl halides is 7. The van der Waals surface area contributed by atoms with E-state index >= 15 is 0 Å². The molecule has 0 aliphatic carbocycles. The molecule has 1 atom stereocenters. The summed E-state index contributed by atoms with van der Waals surface area (Å²) >= 11 is 2.78. The lowest BCUT2D eigenvalue weighted by atomic mass is 10.0. The second-order valence-electron chi connectivity index (χ2n) is 3.73. The quantitative estimate of drug-likeness (QED) is 0.446. The third-order valence-electron chi connectivity index (χ3n) is 2.16. The number of halogens is 7. The Kier molecular flexibility index (Phi) is 4.73. The van der Waals surface area contributed by atoms with E-state index in [4.69, 9.17) is 0 Å². The van der Waals surface area contributed by atoms with E-state index in [2.05, 4.69) is 20.7 Å². The lowest BCUT2D eigenvalue weighted by Gasteiger charge is -2.15. The molecule has 1 unspecified atom stereocenters. The first-order chi connectivity index (χ1) is 8.92. The number of carbonyl (C=O) groups is 1. The summed E-state index contributed by atoms with van der Waals surface area (Å²) in [5.74, 6) is -1.88. The van der Waals surface area contributed by atoms with Gasteiger partial charge in [-0.2, -0.15) is 13.2 Å². The molecule has 2 nitrogen and oxygen atoms in total. The molecule has 0 bridgehead atoms. The van der Waals surface area contributed by atoms with Gasteiger partial charge in [-0.1, -0.05) is 15.9 Å². The zero-order valence-corrected chi connectivity index (χ0v) is 11.4. The summed E-state index contributed by atoms with van der Waals surface area (Å²) in [6, 6.07) is 1.31. The SMILES string of the molecule is CC(Br)C(=O)c1cc(OC(F)(F)F)ccc1C(F)(F)F. The first kappa shape index (κ1) is 16.8. The Bertz CT molecular complexity index is 507. The summed E-state index contributed by atoms with van der Waals surface area (Å²) in [5, 5.41) is 0. The van der Waals surface area contributed by atoms with Gasteiger partial charge in [0.1, 0.15) is 5.75 Å². The van der Waals surface area contributed by atoms with E-state index in [-0.39, 0.29) is 0 Å². The molecule has 0 radical (unpaired) electrons. The fourth-order valence-electron chi connectivity index (χ4n) is 1.39. The normalized spacial score (nSPS) is 14.0. The van der Waals surface area contributed by atoms with Crippen LogP contribution < -0.4 is 4.74 Å². The lowest BCUT2D eigenvalue weighted by Crippen LogP contribution is -2.20. The molecule has 0 N–H and O–H groups in total. The van der Waals surface area contributed by atoms with Crippen molar-refractivity contribution in [2.24, 2.45) is 0 Å². The smallest absolute Gasteiger partial charge is 0.406 e. The Morgan fingerprint density at radius 2 is 1.75 bits per heavy atom. The maximum Gasteiger partial charge on any atom is 0.573 e. The number of rotatable bonds is 3. The number of hydrogen-bond acceptors (Lipinski definition) is 2. The van der Waals surface area contributed by atoms with Gasteiger partial charge in [0.2, 0.25) is 0 Å². The Hall–Kier alpha value is -1.25. The van der Waals surface area contributed by atoms with E-state index in [1.165, 1.54) is 6.92 Å². The van der Waals surface area contributed by atoms with Gasteiger partial charge in [-0.15, -0.1) is 13.2 Å². The molecule has 0 heterocycles. The molecule has 1 rings (SSSR count). The van der Waals surface area contributed by atoms with Gasteiger partial charge >= 0.3 is 12.5 Å². The predicted octanol–water partition coefficient (Wildman–Crippen LogP) is 4.57. The first-order valence-electron chi connectivity index (χ1n) is 5.07. The number of ether oxygens (including phenoxy) is 1. The van der Waals surface area contributed by atoms with E-state index in [0.717, 1.165) is 0 Å². The zero-order chi connectivity index (χ0) is 15.7. The third-order valence-corrected chi connectivity index (χ3v) is 2.57. The Balaban J connectivity index is 3.33. The molecule has 0 saturated heterocycles. The molecule has 0 aromatic heterocycles. The summed E-state index contributed by atoms with van der Waals surface area (Å²) in [6.07, 6.45) is -9.91. The molecule has 1 aromatic carbocycles. The van der Waals surface area contributed by atoms with Crippen LogP contribution in [0.1, 0.15) is 22.8 Å².